The van der Waals surface area contributed by atoms with Gasteiger partial charge in [0.05, 0.1) is 9.85 Å². The molecule has 0 bridgehead atoms. The summed E-state index contributed by atoms with van der Waals surface area (Å²) in [6.45, 7) is -0.0631. The number of hydrogen-bond donors (Lipinski definition) is 0. The number of fused-ring (bicyclic) bond motifs is 3. The second kappa shape index (κ2) is 7.31. The molecule has 29 heavy (non-hydrogen) atoms. The molecule has 0 saturated carbocycles. The highest BCUT2D eigenvalue weighted by atomic mass is 16.6. The van der Waals surface area contributed by atoms with Crippen LogP contribution < -0.4 is 0 Å². The number of carbonyl (C=O) groups is 1. The molecule has 2 aliphatic carbocycles. The van der Waals surface area contributed by atoms with Crippen molar-refractivity contribution >= 4 is 5.97 Å². The predicted molar refractivity (Wildman–Crippen MR) is 103 cm³/mol. The number of nitrogens with zero attached hydrogens (tertiary/aromatic N) is 2. The number of esters is 1. The largest absolute Gasteiger partial charge is 0.461 e. The highest BCUT2D eigenvalue weighted by Crippen LogP contribution is 2.44. The minimum Gasteiger partial charge on any atom is -0.461 e. The highest BCUT2D eigenvalue weighted by Gasteiger charge is 2.39. The standard InChI is InChI=1S/C21H16N2O6/c24-21(20-18(22(25)26)10-5-11-19(20)23(27)28)29-12-17-15-8-3-1-6-13(15)14-7-2-4-9-16(14)17/h1-4,6-10,17H,5,11-12H2. The summed E-state index contributed by atoms with van der Waals surface area (Å²) in [6.07, 6.45) is 1.31. The summed E-state index contributed by atoms with van der Waals surface area (Å²) in [7, 11) is 0. The van der Waals surface area contributed by atoms with Gasteiger partial charge in [-0.1, -0.05) is 48.5 Å². The molecule has 8 nitrogen and oxygen atoms in total. The Bertz CT molecular complexity index is 1060. The molecule has 8 heteroatoms. The summed E-state index contributed by atoms with van der Waals surface area (Å²) < 4.78 is 5.39. The van der Waals surface area contributed by atoms with Crippen molar-refractivity contribution in [3.63, 3.8) is 0 Å². The van der Waals surface area contributed by atoms with Crippen molar-refractivity contribution in [3.05, 3.63) is 103 Å². The third-order valence-corrected chi connectivity index (χ3v) is 5.23. The van der Waals surface area contributed by atoms with E-state index in [1.165, 1.54) is 6.08 Å². The molecule has 2 aliphatic rings. The van der Waals surface area contributed by atoms with Crippen LogP contribution in [-0.4, -0.2) is 22.4 Å². The van der Waals surface area contributed by atoms with Gasteiger partial charge >= 0.3 is 5.97 Å². The lowest BCUT2D eigenvalue weighted by atomic mass is 9.97. The Morgan fingerprint density at radius 3 is 2.10 bits per heavy atom. The van der Waals surface area contributed by atoms with Crippen LogP contribution >= 0.6 is 0 Å². The maximum absolute atomic E-state index is 12.7. The Balaban J connectivity index is 1.64. The normalized spacial score (nSPS) is 15.4. The van der Waals surface area contributed by atoms with Gasteiger partial charge in [-0.3, -0.25) is 20.2 Å². The SMILES string of the molecule is O=C(OCC1c2ccccc2-c2ccccc21)C1=C([N+](=O)[O-])CCC=C1[N+](=O)[O-]. The average Bonchev–Trinajstić information content (AvgIpc) is 3.05. The highest BCUT2D eigenvalue weighted by molar-refractivity contribution is 5.93. The van der Waals surface area contributed by atoms with E-state index < -0.39 is 32.8 Å². The maximum atomic E-state index is 12.7. The third-order valence-electron chi connectivity index (χ3n) is 5.23. The summed E-state index contributed by atoms with van der Waals surface area (Å²) in [5.74, 6) is -1.28. The van der Waals surface area contributed by atoms with E-state index in [0.29, 0.717) is 0 Å². The molecule has 146 valence electrons. The lowest BCUT2D eigenvalue weighted by Crippen LogP contribution is -2.23. The molecule has 0 amide bonds. The van der Waals surface area contributed by atoms with Crippen LogP contribution in [0.3, 0.4) is 0 Å². The van der Waals surface area contributed by atoms with Crippen LogP contribution in [0.4, 0.5) is 0 Å². The third kappa shape index (κ3) is 3.18. The smallest absolute Gasteiger partial charge is 0.351 e. The molecule has 0 aliphatic heterocycles. The van der Waals surface area contributed by atoms with E-state index in [1.807, 2.05) is 48.5 Å². The van der Waals surface area contributed by atoms with Crippen molar-refractivity contribution in [2.45, 2.75) is 18.8 Å². The van der Waals surface area contributed by atoms with Crippen LogP contribution in [0.5, 0.6) is 0 Å². The fraction of sp³-hybridized carbons (Fsp3) is 0.190. The van der Waals surface area contributed by atoms with Crippen LogP contribution in [-0.2, 0) is 9.53 Å². The molecule has 4 rings (SSSR count). The molecule has 0 unspecified atom stereocenters. The average molecular weight is 392 g/mol. The first-order chi connectivity index (χ1) is 14.0. The van der Waals surface area contributed by atoms with E-state index in [1.54, 1.807) is 0 Å². The van der Waals surface area contributed by atoms with Crippen molar-refractivity contribution in [1.29, 1.82) is 0 Å². The zero-order valence-corrected chi connectivity index (χ0v) is 15.2. The van der Waals surface area contributed by atoms with Crippen LogP contribution in [0.25, 0.3) is 11.1 Å². The maximum Gasteiger partial charge on any atom is 0.351 e. The first kappa shape index (κ1) is 18.5. The van der Waals surface area contributed by atoms with Crippen molar-refractivity contribution < 1.29 is 19.4 Å². The Morgan fingerprint density at radius 2 is 1.55 bits per heavy atom. The van der Waals surface area contributed by atoms with Gasteiger partial charge in [-0.05, 0) is 34.8 Å². The van der Waals surface area contributed by atoms with Gasteiger partial charge in [0.15, 0.2) is 0 Å². The predicted octanol–water partition coefficient (Wildman–Crippen LogP) is 3.83. The number of benzene rings is 2. The lowest BCUT2D eigenvalue weighted by Gasteiger charge is -2.15. The summed E-state index contributed by atoms with van der Waals surface area (Å²) in [6, 6.07) is 15.5. The number of allylic oxidation sites excluding steroid dienone is 2. The first-order valence-corrected chi connectivity index (χ1v) is 9.07. The molecule has 0 fully saturated rings. The van der Waals surface area contributed by atoms with E-state index in [0.717, 1.165) is 22.3 Å². The van der Waals surface area contributed by atoms with E-state index >= 15 is 0 Å². The Hall–Kier alpha value is -3.81. The van der Waals surface area contributed by atoms with Crippen LogP contribution in [0.2, 0.25) is 0 Å². The Morgan fingerprint density at radius 1 is 0.966 bits per heavy atom. The Labute approximate surface area is 165 Å². The second-order valence-electron chi connectivity index (χ2n) is 6.79. The van der Waals surface area contributed by atoms with Gasteiger partial charge in [0.1, 0.15) is 6.61 Å². The molecule has 2 aromatic carbocycles. The second-order valence-corrected chi connectivity index (χ2v) is 6.79. The van der Waals surface area contributed by atoms with E-state index in [9.17, 15) is 25.0 Å². The van der Waals surface area contributed by atoms with Gasteiger partial charge in [0, 0.05) is 12.3 Å². The minimum atomic E-state index is -1.04. The first-order valence-electron chi connectivity index (χ1n) is 9.07. The van der Waals surface area contributed by atoms with Crippen LogP contribution in [0, 0.1) is 20.2 Å². The van der Waals surface area contributed by atoms with Crippen LogP contribution in [0.1, 0.15) is 29.9 Å². The van der Waals surface area contributed by atoms with Crippen LogP contribution in [0.15, 0.2) is 71.6 Å². The van der Waals surface area contributed by atoms with Gasteiger partial charge in [0.2, 0.25) is 5.57 Å². The van der Waals surface area contributed by atoms with E-state index in [4.69, 9.17) is 4.74 Å². The number of ether oxygens (including phenoxy) is 1. The summed E-state index contributed by atoms with van der Waals surface area (Å²) in [5.41, 5.74) is 2.44. The summed E-state index contributed by atoms with van der Waals surface area (Å²) in [5, 5.41) is 22.6. The molecule has 0 spiro atoms. The topological polar surface area (TPSA) is 113 Å². The van der Waals surface area contributed by atoms with Gasteiger partial charge in [-0.15, -0.1) is 0 Å². The number of nitro groups is 2. The molecular formula is C21H16N2O6. The zero-order chi connectivity index (χ0) is 20.5. The fourth-order valence-corrected chi connectivity index (χ4v) is 3.96. The molecular weight excluding hydrogens is 376 g/mol. The molecule has 2 aromatic rings. The van der Waals surface area contributed by atoms with E-state index in [2.05, 4.69) is 0 Å². The van der Waals surface area contributed by atoms with Crippen molar-refractivity contribution in [1.82, 2.24) is 0 Å². The number of carbonyl (C=O) groups excluding carboxylic acids is 1. The minimum absolute atomic E-state index is 0.0517. The summed E-state index contributed by atoms with van der Waals surface area (Å²) in [4.78, 5) is 33.8. The molecule has 0 atom stereocenters. The molecule has 0 N–H and O–H groups in total. The van der Waals surface area contributed by atoms with Crippen molar-refractivity contribution in [2.75, 3.05) is 6.61 Å². The molecule has 0 heterocycles. The van der Waals surface area contributed by atoms with E-state index in [-0.39, 0.29) is 25.4 Å². The number of rotatable bonds is 5. The van der Waals surface area contributed by atoms with Crippen molar-refractivity contribution in [2.24, 2.45) is 0 Å². The van der Waals surface area contributed by atoms with Gasteiger partial charge in [-0.25, -0.2) is 4.79 Å². The van der Waals surface area contributed by atoms with Gasteiger partial charge in [-0.2, -0.15) is 0 Å². The van der Waals surface area contributed by atoms with Gasteiger partial charge < -0.3 is 4.74 Å². The summed E-state index contributed by atoms with van der Waals surface area (Å²) >= 11 is 0. The monoisotopic (exact) mass is 392 g/mol. The fourth-order valence-electron chi connectivity index (χ4n) is 3.96. The Kier molecular flexibility index (Phi) is 4.67. The number of hydrogen-bond acceptors (Lipinski definition) is 6. The zero-order valence-electron chi connectivity index (χ0n) is 15.2. The quantitative estimate of drug-likeness (QED) is 0.434. The molecule has 0 aromatic heterocycles. The van der Waals surface area contributed by atoms with Gasteiger partial charge in [0.25, 0.3) is 11.4 Å². The van der Waals surface area contributed by atoms with Crippen molar-refractivity contribution in [3.8, 4) is 11.1 Å². The molecule has 0 saturated heterocycles. The molecule has 0 radical (unpaired) electrons. The lowest BCUT2D eigenvalue weighted by molar-refractivity contribution is -0.440.